The van der Waals surface area contributed by atoms with E-state index in [0.717, 1.165) is 6.07 Å². The predicted octanol–water partition coefficient (Wildman–Crippen LogP) is 0.0394. The Labute approximate surface area is 114 Å². The molecule has 0 fully saturated rings. The van der Waals surface area contributed by atoms with E-state index in [2.05, 4.69) is 10.6 Å². The summed E-state index contributed by atoms with van der Waals surface area (Å²) in [5.74, 6) is -3.30. The number of carbonyl (C=O) groups is 2. The Hall–Kier alpha value is -2.22. The van der Waals surface area contributed by atoms with Gasteiger partial charge >= 0.3 is 0 Å². The van der Waals surface area contributed by atoms with Gasteiger partial charge < -0.3 is 21.1 Å². The van der Waals surface area contributed by atoms with Gasteiger partial charge in [-0.05, 0) is 6.07 Å². The predicted molar refractivity (Wildman–Crippen MR) is 68.0 cm³/mol. The topological polar surface area (TPSA) is 93.5 Å². The Morgan fingerprint density at radius 3 is 2.60 bits per heavy atom. The third kappa shape index (κ3) is 4.47. The third-order valence-electron chi connectivity index (χ3n) is 2.37. The van der Waals surface area contributed by atoms with E-state index in [1.165, 1.54) is 7.11 Å². The molecular weight excluding hydrogens is 272 g/mol. The van der Waals surface area contributed by atoms with Crippen LogP contribution in [0.5, 0.6) is 0 Å². The molecule has 1 aromatic carbocycles. The fraction of sp³-hybridized carbons (Fsp3) is 0.333. The van der Waals surface area contributed by atoms with Gasteiger partial charge in [-0.15, -0.1) is 0 Å². The first kappa shape index (κ1) is 15.8. The zero-order chi connectivity index (χ0) is 15.1. The smallest absolute Gasteiger partial charge is 0.254 e. The molecule has 0 atom stereocenters. The number of rotatable bonds is 6. The summed E-state index contributed by atoms with van der Waals surface area (Å²) in [6, 6.07) is 1.39. The van der Waals surface area contributed by atoms with E-state index < -0.39 is 29.0 Å². The van der Waals surface area contributed by atoms with Crippen LogP contribution in [-0.4, -0.2) is 38.6 Å². The van der Waals surface area contributed by atoms with Crippen molar-refractivity contribution in [3.05, 3.63) is 29.3 Å². The minimum atomic E-state index is -1.05. The lowest BCUT2D eigenvalue weighted by Gasteiger charge is -2.08. The molecule has 0 radical (unpaired) electrons. The van der Waals surface area contributed by atoms with Gasteiger partial charge in [0.25, 0.3) is 5.91 Å². The molecule has 0 aromatic heterocycles. The van der Waals surface area contributed by atoms with Crippen LogP contribution in [0.4, 0.5) is 14.5 Å². The van der Waals surface area contributed by atoms with Crippen LogP contribution in [0.3, 0.4) is 0 Å². The first-order chi connectivity index (χ1) is 9.45. The van der Waals surface area contributed by atoms with Crippen molar-refractivity contribution in [2.45, 2.75) is 0 Å². The number of hydrogen-bond donors (Lipinski definition) is 3. The van der Waals surface area contributed by atoms with Crippen molar-refractivity contribution in [3.63, 3.8) is 0 Å². The van der Waals surface area contributed by atoms with Crippen LogP contribution in [0.25, 0.3) is 0 Å². The minimum absolute atomic E-state index is 0.295. The molecule has 0 bridgehead atoms. The van der Waals surface area contributed by atoms with E-state index in [9.17, 15) is 18.4 Å². The van der Waals surface area contributed by atoms with Gasteiger partial charge in [0.2, 0.25) is 5.91 Å². The van der Waals surface area contributed by atoms with Gasteiger partial charge in [-0.25, -0.2) is 8.78 Å². The summed E-state index contributed by atoms with van der Waals surface area (Å²) in [7, 11) is 1.48. The number of methoxy groups -OCH3 is 1. The number of ether oxygens (including phenoxy) is 1. The van der Waals surface area contributed by atoms with Gasteiger partial charge in [-0.2, -0.15) is 0 Å². The molecule has 0 aliphatic rings. The second-order valence-corrected chi connectivity index (χ2v) is 3.88. The van der Waals surface area contributed by atoms with E-state index in [4.69, 9.17) is 10.5 Å². The maximum Gasteiger partial charge on any atom is 0.254 e. The second kappa shape index (κ2) is 7.39. The standard InChI is InChI=1S/C12H15F2N3O3/c1-20-3-2-16-11(18)6-17-12(19)7-4-10(15)9(14)5-8(7)13/h4-5H,2-3,6,15H2,1H3,(H,16,18)(H,17,19). The quantitative estimate of drug-likeness (QED) is 0.508. The number of carbonyl (C=O) groups excluding carboxylic acids is 2. The molecule has 1 aromatic rings. The Morgan fingerprint density at radius 1 is 1.25 bits per heavy atom. The molecule has 1 rings (SSSR count). The molecule has 110 valence electrons. The lowest BCUT2D eigenvalue weighted by Crippen LogP contribution is -2.38. The van der Waals surface area contributed by atoms with E-state index >= 15 is 0 Å². The van der Waals surface area contributed by atoms with Crippen molar-refractivity contribution < 1.29 is 23.1 Å². The normalized spacial score (nSPS) is 10.2. The van der Waals surface area contributed by atoms with Gasteiger partial charge in [0, 0.05) is 19.7 Å². The van der Waals surface area contributed by atoms with Crippen LogP contribution in [0.2, 0.25) is 0 Å². The first-order valence-electron chi connectivity index (χ1n) is 5.74. The van der Waals surface area contributed by atoms with Crippen molar-refractivity contribution in [1.82, 2.24) is 10.6 Å². The highest BCUT2D eigenvalue weighted by Gasteiger charge is 2.15. The van der Waals surface area contributed by atoms with Crippen LogP contribution >= 0.6 is 0 Å². The molecule has 0 unspecified atom stereocenters. The number of anilines is 1. The molecule has 4 N–H and O–H groups in total. The number of nitrogens with one attached hydrogen (secondary N) is 2. The summed E-state index contributed by atoms with van der Waals surface area (Å²) in [5.41, 5.74) is 4.48. The van der Waals surface area contributed by atoms with Gasteiger partial charge in [0.1, 0.15) is 11.6 Å². The van der Waals surface area contributed by atoms with Crippen molar-refractivity contribution >= 4 is 17.5 Å². The summed E-state index contributed by atoms with van der Waals surface area (Å²) in [4.78, 5) is 22.9. The minimum Gasteiger partial charge on any atom is -0.396 e. The molecule has 0 saturated heterocycles. The Kier molecular flexibility index (Phi) is 5.85. The van der Waals surface area contributed by atoms with Gasteiger partial charge in [-0.3, -0.25) is 9.59 Å². The monoisotopic (exact) mass is 287 g/mol. The highest BCUT2D eigenvalue weighted by molar-refractivity contribution is 5.97. The van der Waals surface area contributed by atoms with Crippen LogP contribution < -0.4 is 16.4 Å². The fourth-order valence-electron chi connectivity index (χ4n) is 1.35. The first-order valence-corrected chi connectivity index (χ1v) is 5.74. The fourth-order valence-corrected chi connectivity index (χ4v) is 1.35. The van der Waals surface area contributed by atoms with Gasteiger partial charge in [0.15, 0.2) is 0 Å². The number of benzene rings is 1. The van der Waals surface area contributed by atoms with Crippen LogP contribution in [0.15, 0.2) is 12.1 Å². The Bertz CT molecular complexity index is 509. The Balaban J connectivity index is 2.55. The third-order valence-corrected chi connectivity index (χ3v) is 2.37. The van der Waals surface area contributed by atoms with Crippen LogP contribution in [0.1, 0.15) is 10.4 Å². The van der Waals surface area contributed by atoms with E-state index in [1.807, 2.05) is 0 Å². The summed E-state index contributed by atoms with van der Waals surface area (Å²) in [6.07, 6.45) is 0. The highest BCUT2D eigenvalue weighted by atomic mass is 19.1. The molecule has 0 saturated carbocycles. The molecule has 8 heteroatoms. The van der Waals surface area contributed by atoms with Crippen LogP contribution in [-0.2, 0) is 9.53 Å². The second-order valence-electron chi connectivity index (χ2n) is 3.88. The molecule has 2 amide bonds. The largest absolute Gasteiger partial charge is 0.396 e. The van der Waals surface area contributed by atoms with Gasteiger partial charge in [-0.1, -0.05) is 0 Å². The molecular formula is C12H15F2N3O3. The maximum atomic E-state index is 13.4. The van der Waals surface area contributed by atoms with Crippen LogP contribution in [0, 0.1) is 11.6 Å². The van der Waals surface area contributed by atoms with E-state index in [1.54, 1.807) is 0 Å². The zero-order valence-corrected chi connectivity index (χ0v) is 10.8. The maximum absolute atomic E-state index is 13.4. The van der Waals surface area contributed by atoms with E-state index in [0.29, 0.717) is 19.2 Å². The van der Waals surface area contributed by atoms with E-state index in [-0.39, 0.29) is 12.2 Å². The molecule has 0 aliphatic heterocycles. The number of amides is 2. The van der Waals surface area contributed by atoms with Gasteiger partial charge in [0.05, 0.1) is 24.4 Å². The number of nitrogen functional groups attached to an aromatic ring is 1. The molecule has 20 heavy (non-hydrogen) atoms. The SMILES string of the molecule is COCCNC(=O)CNC(=O)c1cc(N)c(F)cc1F. The number of halogens is 2. The zero-order valence-electron chi connectivity index (χ0n) is 10.8. The summed E-state index contributed by atoms with van der Waals surface area (Å²) >= 11 is 0. The number of nitrogens with two attached hydrogens (primary N) is 1. The molecule has 6 nitrogen and oxygen atoms in total. The number of hydrogen-bond acceptors (Lipinski definition) is 4. The molecule has 0 heterocycles. The lowest BCUT2D eigenvalue weighted by atomic mass is 10.1. The average molecular weight is 287 g/mol. The summed E-state index contributed by atoms with van der Waals surface area (Å²) in [6.45, 7) is 0.297. The highest BCUT2D eigenvalue weighted by Crippen LogP contribution is 2.16. The van der Waals surface area contributed by atoms with Crippen molar-refractivity contribution in [3.8, 4) is 0 Å². The summed E-state index contributed by atoms with van der Waals surface area (Å²) in [5, 5.41) is 4.67. The summed E-state index contributed by atoms with van der Waals surface area (Å²) < 4.78 is 31.0. The Morgan fingerprint density at radius 2 is 1.95 bits per heavy atom. The average Bonchev–Trinajstić information content (AvgIpc) is 2.40. The molecule has 0 aliphatic carbocycles. The van der Waals surface area contributed by atoms with Crippen molar-refractivity contribution in [2.24, 2.45) is 0 Å². The molecule has 0 spiro atoms. The van der Waals surface area contributed by atoms with Crippen molar-refractivity contribution in [2.75, 3.05) is 32.5 Å². The lowest BCUT2D eigenvalue weighted by molar-refractivity contribution is -0.120. The van der Waals surface area contributed by atoms with Crippen molar-refractivity contribution in [1.29, 1.82) is 0 Å².